The quantitative estimate of drug-likeness (QED) is 0.216. The Balaban J connectivity index is 0.00000276. The predicted molar refractivity (Wildman–Crippen MR) is 164 cm³/mol. The van der Waals surface area contributed by atoms with Crippen molar-refractivity contribution in [2.24, 2.45) is 0 Å². The van der Waals surface area contributed by atoms with Gasteiger partial charge in [0.2, 0.25) is 5.52 Å². The first-order chi connectivity index (χ1) is 19.7. The number of rotatable bonds is 3. The molecule has 5 heteroatoms. The van der Waals surface area contributed by atoms with Gasteiger partial charge in [0.1, 0.15) is 5.01 Å². The average Bonchev–Trinajstić information content (AvgIpc) is 3.45. The van der Waals surface area contributed by atoms with E-state index in [0.29, 0.717) is 11.1 Å². The number of hydrogen-bond donors (Lipinski definition) is 0. The van der Waals surface area contributed by atoms with Crippen LogP contribution >= 0.6 is 11.3 Å². The standard InChI is InChI=1S/C36H22N2OS.Li/c39-35-30(18-15-23-7-5-19-37-34(23)35)33-28-8-2-1-6-26(28)21-27-20-25(16-17-29(27)33)22-11-13-24(14-12-22)36-38-31-9-3-4-10-32(31)40-36;/h1-21,39H;/q;+1. The van der Waals surface area contributed by atoms with Gasteiger partial charge in [-0.25, -0.2) is 9.97 Å². The van der Waals surface area contributed by atoms with Gasteiger partial charge in [-0.2, -0.15) is 0 Å². The second-order valence-electron chi connectivity index (χ2n) is 10.0. The zero-order valence-corrected chi connectivity index (χ0v) is 23.2. The fourth-order valence-corrected chi connectivity index (χ4v) is 6.68. The summed E-state index contributed by atoms with van der Waals surface area (Å²) in [6.45, 7) is 0. The van der Waals surface area contributed by atoms with Gasteiger partial charge < -0.3 is 5.11 Å². The summed E-state index contributed by atoms with van der Waals surface area (Å²) in [7, 11) is 0. The topological polar surface area (TPSA) is 50.1 Å². The first-order valence-corrected chi connectivity index (χ1v) is 14.1. The van der Waals surface area contributed by atoms with Gasteiger partial charge in [0.05, 0.1) is 10.2 Å². The van der Waals surface area contributed by atoms with Gasteiger partial charge in [0.15, 0.2) is 6.20 Å². The second-order valence-corrected chi connectivity index (χ2v) is 11.1. The number of benzene rings is 6. The van der Waals surface area contributed by atoms with Gasteiger partial charge in [-0.3, -0.25) is 0 Å². The van der Waals surface area contributed by atoms with Crippen molar-refractivity contribution < 1.29 is 29.0 Å². The number of para-hydroxylation sites is 1. The predicted octanol–water partition coefficient (Wildman–Crippen LogP) is 5.65. The van der Waals surface area contributed by atoms with Crippen molar-refractivity contribution in [2.45, 2.75) is 0 Å². The Labute approximate surface area is 253 Å². The molecule has 0 spiro atoms. The number of nitrogens with zero attached hydrogens (tertiary/aromatic N) is 1. The van der Waals surface area contributed by atoms with E-state index in [4.69, 9.17) is 4.98 Å². The molecular formula is C36H22LiN2OS+. The summed E-state index contributed by atoms with van der Waals surface area (Å²) in [4.78, 5) is 7.97. The molecule has 41 heavy (non-hydrogen) atoms. The van der Waals surface area contributed by atoms with Crippen LogP contribution in [0.1, 0.15) is 0 Å². The van der Waals surface area contributed by atoms with Crippen LogP contribution in [-0.4, -0.2) is 4.98 Å². The molecule has 8 aromatic rings. The van der Waals surface area contributed by atoms with Gasteiger partial charge in [0.25, 0.3) is 0 Å². The number of hydrogen-bond acceptors (Lipinski definition) is 3. The van der Waals surface area contributed by atoms with E-state index >= 15 is 0 Å². The Morgan fingerprint density at radius 1 is 0.610 bits per heavy atom. The van der Waals surface area contributed by atoms with Crippen molar-refractivity contribution >= 4 is 54.0 Å². The van der Waals surface area contributed by atoms with Crippen molar-refractivity contribution in [2.75, 3.05) is 0 Å². The molecule has 0 atom stereocenters. The number of fused-ring (bicyclic) bond motifs is 4. The molecule has 188 valence electrons. The molecule has 3 nitrogen and oxygen atoms in total. The van der Waals surface area contributed by atoms with Crippen molar-refractivity contribution in [3.8, 4) is 38.6 Å². The first-order valence-electron chi connectivity index (χ1n) is 13.3. The summed E-state index contributed by atoms with van der Waals surface area (Å²) < 4.78 is 1.20. The zero-order chi connectivity index (χ0) is 26.6. The molecule has 0 amide bonds. The van der Waals surface area contributed by atoms with E-state index in [2.05, 4.69) is 89.9 Å². The summed E-state index contributed by atoms with van der Waals surface area (Å²) in [6, 6.07) is 41.9. The van der Waals surface area contributed by atoms with Crippen molar-refractivity contribution in [3.05, 3.63) is 128 Å². The van der Waals surface area contributed by atoms with E-state index in [-0.39, 0.29) is 24.6 Å². The molecule has 0 saturated carbocycles. The minimum Gasteiger partial charge on any atom is -0.868 e. The summed E-state index contributed by atoms with van der Waals surface area (Å²) in [5, 5.41) is 20.0. The van der Waals surface area contributed by atoms with Crippen LogP contribution in [0.4, 0.5) is 0 Å². The van der Waals surface area contributed by atoms with Crippen LogP contribution in [0.2, 0.25) is 0 Å². The van der Waals surface area contributed by atoms with Crippen molar-refractivity contribution in [1.82, 2.24) is 4.98 Å². The van der Waals surface area contributed by atoms with Crippen molar-refractivity contribution in [3.63, 3.8) is 0 Å². The molecule has 2 heterocycles. The van der Waals surface area contributed by atoms with E-state index in [1.54, 1.807) is 11.3 Å². The maximum atomic E-state index is 13.7. The number of nitrogens with one attached hydrogen (secondary N) is 1. The molecule has 0 aliphatic carbocycles. The van der Waals surface area contributed by atoms with Gasteiger partial charge in [-0.15, -0.1) is 11.3 Å². The van der Waals surface area contributed by atoms with Crippen LogP contribution in [0, 0.1) is 0 Å². The van der Waals surface area contributed by atoms with E-state index in [1.807, 2.05) is 42.6 Å². The summed E-state index contributed by atoms with van der Waals surface area (Å²) >= 11 is 1.72. The molecule has 1 N–H and O–H groups in total. The summed E-state index contributed by atoms with van der Waals surface area (Å²) in [6.07, 6.45) is 1.81. The Kier molecular flexibility index (Phi) is 6.33. The third-order valence-corrected chi connectivity index (χ3v) is 8.77. The normalized spacial score (nSPS) is 11.3. The van der Waals surface area contributed by atoms with E-state index in [9.17, 15) is 5.11 Å². The van der Waals surface area contributed by atoms with E-state index in [1.165, 1.54) is 4.70 Å². The molecule has 6 aromatic carbocycles. The summed E-state index contributed by atoms with van der Waals surface area (Å²) in [5.41, 5.74) is 6.76. The number of aromatic amines is 1. The van der Waals surface area contributed by atoms with Crippen LogP contribution in [0.15, 0.2) is 128 Å². The smallest absolute Gasteiger partial charge is 0.868 e. The number of H-pyrrole nitrogens is 1. The third kappa shape index (κ3) is 4.29. The number of pyridine rings is 1. The SMILES string of the molecule is [Li+].[O-]c1c(-c2c3ccccc3cc3cc(-c4ccc(-c5nc6ccccc6s5)cc4)ccc23)ccc2ccc[nH+]c12. The molecule has 0 aliphatic rings. The minimum absolute atomic E-state index is 0. The van der Waals surface area contributed by atoms with E-state index in [0.717, 1.165) is 59.7 Å². The molecule has 8 rings (SSSR count). The van der Waals surface area contributed by atoms with Crippen LogP contribution in [0.3, 0.4) is 0 Å². The molecule has 0 radical (unpaired) electrons. The average molecular weight is 538 g/mol. The molecule has 0 aliphatic heterocycles. The third-order valence-electron chi connectivity index (χ3n) is 7.68. The monoisotopic (exact) mass is 537 g/mol. The molecule has 0 saturated heterocycles. The Bertz CT molecular complexity index is 2210. The Hall–Kier alpha value is -4.46. The second kappa shape index (κ2) is 10.2. The molecule has 0 fully saturated rings. The largest absolute Gasteiger partial charge is 1.00 e. The van der Waals surface area contributed by atoms with Gasteiger partial charge in [0, 0.05) is 17.0 Å². The Morgan fingerprint density at radius 2 is 1.34 bits per heavy atom. The van der Waals surface area contributed by atoms with Gasteiger partial charge in [-0.1, -0.05) is 78.9 Å². The minimum atomic E-state index is 0. The van der Waals surface area contributed by atoms with Crippen LogP contribution in [-0.2, 0) is 0 Å². The first kappa shape index (κ1) is 25.5. The van der Waals surface area contributed by atoms with Crippen molar-refractivity contribution in [1.29, 1.82) is 0 Å². The summed E-state index contributed by atoms with van der Waals surface area (Å²) in [5.74, 6) is 0.0188. The van der Waals surface area contributed by atoms with Gasteiger partial charge in [-0.05, 0) is 85.9 Å². The Morgan fingerprint density at radius 3 is 2.22 bits per heavy atom. The molecular weight excluding hydrogens is 515 g/mol. The zero-order valence-electron chi connectivity index (χ0n) is 22.4. The van der Waals surface area contributed by atoms with Crippen LogP contribution in [0.5, 0.6) is 5.75 Å². The number of aromatic nitrogens is 2. The maximum Gasteiger partial charge on any atom is 1.00 e. The fourth-order valence-electron chi connectivity index (χ4n) is 5.71. The fraction of sp³-hybridized carbons (Fsp3) is 0. The van der Waals surface area contributed by atoms with Crippen LogP contribution < -0.4 is 29.0 Å². The molecule has 0 bridgehead atoms. The number of thiazole rings is 1. The van der Waals surface area contributed by atoms with Gasteiger partial charge >= 0.3 is 18.9 Å². The van der Waals surface area contributed by atoms with E-state index < -0.39 is 0 Å². The molecule has 2 aromatic heterocycles. The van der Waals surface area contributed by atoms with Crippen LogP contribution in [0.25, 0.3) is 75.5 Å². The molecule has 0 unspecified atom stereocenters. The maximum absolute atomic E-state index is 13.7.